The third kappa shape index (κ3) is 1.59. The summed E-state index contributed by atoms with van der Waals surface area (Å²) in [5.74, 6) is 0.324. The van der Waals surface area contributed by atoms with Crippen molar-refractivity contribution in [1.82, 2.24) is 0 Å². The first-order chi connectivity index (χ1) is 9.61. The van der Waals surface area contributed by atoms with E-state index in [9.17, 15) is 4.79 Å². The molecule has 108 valence electrons. The van der Waals surface area contributed by atoms with Crippen LogP contribution in [0.3, 0.4) is 0 Å². The van der Waals surface area contributed by atoms with Gasteiger partial charge in [0.05, 0.1) is 6.61 Å². The zero-order valence-corrected chi connectivity index (χ0v) is 12.4. The summed E-state index contributed by atoms with van der Waals surface area (Å²) in [6.07, 6.45) is 2.62. The summed E-state index contributed by atoms with van der Waals surface area (Å²) < 4.78 is 11.4. The average molecular weight is 274 g/mol. The van der Waals surface area contributed by atoms with Crippen molar-refractivity contribution in [3.05, 3.63) is 35.4 Å². The minimum Gasteiger partial charge on any atom is -0.464 e. The highest BCUT2D eigenvalue weighted by atomic mass is 16.7. The Balaban J connectivity index is 2.04. The van der Waals surface area contributed by atoms with E-state index in [4.69, 9.17) is 9.47 Å². The predicted molar refractivity (Wildman–Crippen MR) is 76.5 cm³/mol. The largest absolute Gasteiger partial charge is 0.464 e. The van der Waals surface area contributed by atoms with Crippen molar-refractivity contribution >= 4 is 5.97 Å². The molecule has 1 heterocycles. The van der Waals surface area contributed by atoms with Gasteiger partial charge in [-0.25, -0.2) is 4.79 Å². The number of epoxide rings is 1. The molecule has 3 heteroatoms. The van der Waals surface area contributed by atoms with Gasteiger partial charge in [0, 0.05) is 0 Å². The number of benzene rings is 1. The van der Waals surface area contributed by atoms with Crippen molar-refractivity contribution in [2.45, 2.75) is 57.2 Å². The van der Waals surface area contributed by atoms with Crippen molar-refractivity contribution in [1.29, 1.82) is 0 Å². The van der Waals surface area contributed by atoms with Gasteiger partial charge in [0.25, 0.3) is 0 Å². The van der Waals surface area contributed by atoms with Crippen LogP contribution in [0.4, 0.5) is 0 Å². The molecule has 0 saturated carbocycles. The molecule has 1 aromatic rings. The van der Waals surface area contributed by atoms with E-state index in [0.717, 1.165) is 12.8 Å². The van der Waals surface area contributed by atoms with Crippen molar-refractivity contribution < 1.29 is 14.3 Å². The number of hydrogen-bond donors (Lipinski definition) is 0. The first kappa shape index (κ1) is 13.6. The van der Waals surface area contributed by atoms with Crippen LogP contribution in [-0.4, -0.2) is 18.2 Å². The van der Waals surface area contributed by atoms with Gasteiger partial charge in [-0.15, -0.1) is 0 Å². The van der Waals surface area contributed by atoms with E-state index in [1.54, 1.807) is 0 Å². The van der Waals surface area contributed by atoms with Gasteiger partial charge in [0.2, 0.25) is 0 Å². The Bertz CT molecular complexity index is 539. The van der Waals surface area contributed by atoms with Crippen LogP contribution in [0.15, 0.2) is 24.3 Å². The molecule has 1 saturated heterocycles. The average Bonchev–Trinajstić information content (AvgIpc) is 3.14. The number of fused-ring (bicyclic) bond motifs is 2. The van der Waals surface area contributed by atoms with E-state index >= 15 is 0 Å². The van der Waals surface area contributed by atoms with E-state index in [2.05, 4.69) is 25.1 Å². The lowest BCUT2D eigenvalue weighted by molar-refractivity contribution is -0.149. The second-order valence-electron chi connectivity index (χ2n) is 5.86. The van der Waals surface area contributed by atoms with Crippen molar-refractivity contribution in [2.24, 2.45) is 0 Å². The molecule has 0 N–H and O–H groups in total. The van der Waals surface area contributed by atoms with Crippen LogP contribution in [0, 0.1) is 0 Å². The van der Waals surface area contributed by atoms with Crippen LogP contribution in [0.25, 0.3) is 0 Å². The first-order valence-corrected chi connectivity index (χ1v) is 7.58. The fourth-order valence-corrected chi connectivity index (χ4v) is 3.76. The predicted octanol–water partition coefficient (Wildman–Crippen LogP) is 3.52. The summed E-state index contributed by atoms with van der Waals surface area (Å²) in [6.45, 7) is 6.49. The minimum atomic E-state index is -0.765. The standard InChI is InChI=1S/C17H22O3/c1-4-16(15(18)19-5-2)17(20-16)11-10-12(3)13-8-6-7-9-14(13)17/h6-9,12H,4-5,10-11H2,1-3H3. The van der Waals surface area contributed by atoms with Crippen LogP contribution in [-0.2, 0) is 19.9 Å². The number of ether oxygens (including phenoxy) is 2. The lowest BCUT2D eigenvalue weighted by Gasteiger charge is -2.29. The molecule has 1 aliphatic heterocycles. The van der Waals surface area contributed by atoms with Gasteiger partial charge < -0.3 is 9.47 Å². The zero-order chi connectivity index (χ0) is 14.4. The number of carbonyl (C=O) groups is 1. The molecule has 1 aliphatic carbocycles. The maximum Gasteiger partial charge on any atom is 0.341 e. The Hall–Kier alpha value is -1.35. The zero-order valence-electron chi connectivity index (χ0n) is 12.4. The van der Waals surface area contributed by atoms with Gasteiger partial charge >= 0.3 is 5.97 Å². The molecule has 1 spiro atoms. The Morgan fingerprint density at radius 1 is 1.40 bits per heavy atom. The minimum absolute atomic E-state index is 0.202. The number of esters is 1. The molecular weight excluding hydrogens is 252 g/mol. The smallest absolute Gasteiger partial charge is 0.341 e. The topological polar surface area (TPSA) is 38.8 Å². The summed E-state index contributed by atoms with van der Waals surface area (Å²) in [5.41, 5.74) is 1.29. The third-order valence-corrected chi connectivity index (χ3v) is 4.92. The highest BCUT2D eigenvalue weighted by Gasteiger charge is 2.76. The molecule has 3 unspecified atom stereocenters. The number of rotatable bonds is 3. The van der Waals surface area contributed by atoms with Crippen LogP contribution in [0.2, 0.25) is 0 Å². The van der Waals surface area contributed by atoms with Gasteiger partial charge in [0.1, 0.15) is 5.60 Å². The van der Waals surface area contributed by atoms with Crippen LogP contribution >= 0.6 is 0 Å². The molecule has 1 aromatic carbocycles. The molecule has 0 bridgehead atoms. The summed E-state index contributed by atoms with van der Waals surface area (Å²) >= 11 is 0. The molecule has 3 nitrogen and oxygen atoms in total. The third-order valence-electron chi connectivity index (χ3n) is 4.92. The molecule has 0 aromatic heterocycles. The Kier molecular flexibility index (Phi) is 3.13. The Morgan fingerprint density at radius 3 is 2.85 bits per heavy atom. The summed E-state index contributed by atoms with van der Waals surface area (Å²) in [7, 11) is 0. The quantitative estimate of drug-likeness (QED) is 0.625. The molecule has 0 amide bonds. The lowest BCUT2D eigenvalue weighted by atomic mass is 9.71. The van der Waals surface area contributed by atoms with E-state index in [-0.39, 0.29) is 5.97 Å². The summed E-state index contributed by atoms with van der Waals surface area (Å²) in [6, 6.07) is 8.37. The summed E-state index contributed by atoms with van der Waals surface area (Å²) in [4.78, 5) is 12.4. The number of hydrogen-bond acceptors (Lipinski definition) is 3. The lowest BCUT2D eigenvalue weighted by Crippen LogP contribution is -2.36. The highest BCUT2D eigenvalue weighted by molar-refractivity contribution is 5.85. The van der Waals surface area contributed by atoms with Crippen molar-refractivity contribution in [2.75, 3.05) is 6.61 Å². The molecule has 3 atom stereocenters. The fraction of sp³-hybridized carbons (Fsp3) is 0.588. The summed E-state index contributed by atoms with van der Waals surface area (Å²) in [5, 5.41) is 0. The van der Waals surface area contributed by atoms with Crippen LogP contribution in [0.1, 0.15) is 57.1 Å². The normalized spacial score (nSPS) is 34.6. The van der Waals surface area contributed by atoms with Gasteiger partial charge in [-0.05, 0) is 43.2 Å². The molecular formula is C17H22O3. The second kappa shape index (κ2) is 4.59. The Morgan fingerprint density at radius 2 is 2.15 bits per heavy atom. The van der Waals surface area contributed by atoms with Gasteiger partial charge in [-0.3, -0.25) is 0 Å². The molecule has 1 fully saturated rings. The van der Waals surface area contributed by atoms with E-state index in [1.165, 1.54) is 11.1 Å². The second-order valence-corrected chi connectivity index (χ2v) is 5.86. The molecule has 0 radical (unpaired) electrons. The van der Waals surface area contributed by atoms with Gasteiger partial charge in [-0.2, -0.15) is 0 Å². The molecule has 2 aliphatic rings. The SMILES string of the molecule is CCOC(=O)C1(CC)OC12CCC(C)c1ccccc12. The molecule has 3 rings (SSSR count). The van der Waals surface area contributed by atoms with Crippen LogP contribution in [0.5, 0.6) is 0 Å². The van der Waals surface area contributed by atoms with Gasteiger partial charge in [-0.1, -0.05) is 38.1 Å². The fourth-order valence-electron chi connectivity index (χ4n) is 3.76. The monoisotopic (exact) mass is 274 g/mol. The maximum absolute atomic E-state index is 12.4. The highest BCUT2D eigenvalue weighted by Crippen LogP contribution is 2.64. The van der Waals surface area contributed by atoms with E-state index in [0.29, 0.717) is 18.9 Å². The number of carbonyl (C=O) groups excluding carboxylic acids is 1. The van der Waals surface area contributed by atoms with Crippen molar-refractivity contribution in [3.8, 4) is 0 Å². The van der Waals surface area contributed by atoms with Crippen LogP contribution < -0.4 is 0 Å². The molecule has 20 heavy (non-hydrogen) atoms. The first-order valence-electron chi connectivity index (χ1n) is 7.58. The Labute approximate surface area is 120 Å². The van der Waals surface area contributed by atoms with Crippen molar-refractivity contribution in [3.63, 3.8) is 0 Å². The van der Waals surface area contributed by atoms with E-state index < -0.39 is 11.2 Å². The maximum atomic E-state index is 12.4. The van der Waals surface area contributed by atoms with E-state index in [1.807, 2.05) is 19.9 Å². The van der Waals surface area contributed by atoms with Gasteiger partial charge in [0.15, 0.2) is 5.60 Å².